The van der Waals surface area contributed by atoms with Gasteiger partial charge in [0, 0.05) is 22.7 Å². The number of hydrogen-bond acceptors (Lipinski definition) is 9. The van der Waals surface area contributed by atoms with Crippen molar-refractivity contribution in [2.24, 2.45) is 0 Å². The molecule has 14 heteroatoms. The summed E-state index contributed by atoms with van der Waals surface area (Å²) in [7, 11) is 0. The zero-order valence-electron chi connectivity index (χ0n) is 22.0. The summed E-state index contributed by atoms with van der Waals surface area (Å²) < 4.78 is 12.8. The van der Waals surface area contributed by atoms with Crippen molar-refractivity contribution in [3.8, 4) is 23.2 Å². The lowest BCUT2D eigenvalue weighted by Crippen LogP contribution is -2.31. The van der Waals surface area contributed by atoms with Crippen molar-refractivity contribution in [3.63, 3.8) is 0 Å². The Morgan fingerprint density at radius 1 is 1.15 bits per heavy atom. The van der Waals surface area contributed by atoms with Crippen LogP contribution in [0.5, 0.6) is 17.5 Å². The topological polar surface area (TPSA) is 170 Å². The number of anilines is 2. The van der Waals surface area contributed by atoms with E-state index in [0.29, 0.717) is 45.4 Å². The minimum absolute atomic E-state index is 0.0165. The van der Waals surface area contributed by atoms with Crippen molar-refractivity contribution in [1.82, 2.24) is 25.1 Å². The number of urea groups is 1. The quantitative estimate of drug-likeness (QED) is 0.127. The average molecular weight is 598 g/mol. The first-order chi connectivity index (χ1) is 19.7. The molecule has 5 aromatic rings. The van der Waals surface area contributed by atoms with Gasteiger partial charge < -0.3 is 25.3 Å². The lowest BCUT2D eigenvalue weighted by Gasteiger charge is -2.10. The number of aromatic hydroxyl groups is 1. The number of amides is 2. The van der Waals surface area contributed by atoms with Crippen LogP contribution < -0.4 is 26.7 Å². The van der Waals surface area contributed by atoms with Crippen LogP contribution in [0.2, 0.25) is 10.0 Å². The van der Waals surface area contributed by atoms with Crippen LogP contribution in [-0.4, -0.2) is 37.4 Å². The molecule has 212 valence electrons. The molecule has 0 fully saturated rings. The highest BCUT2D eigenvalue weighted by molar-refractivity contribution is 6.34. The molecule has 0 aliphatic carbocycles. The SMILES string of the molecule is CCCCNC(=O)Nc1c(O)c2ccc(Oc3nc(N)c4c(CC)nn(-c5cc(Cl)cc(Cl)c5)c4n3)cc2oc1=O. The molecule has 0 bridgehead atoms. The van der Waals surface area contributed by atoms with Crippen molar-refractivity contribution >= 4 is 62.7 Å². The first kappa shape index (κ1) is 28.0. The van der Waals surface area contributed by atoms with Gasteiger partial charge in [-0.2, -0.15) is 15.1 Å². The van der Waals surface area contributed by atoms with E-state index in [1.165, 1.54) is 18.2 Å². The van der Waals surface area contributed by atoms with E-state index in [2.05, 4.69) is 25.7 Å². The Labute approximate surface area is 243 Å². The molecule has 2 amide bonds. The molecular formula is C27H25Cl2N7O5. The molecule has 0 aliphatic rings. The number of carbonyl (C=O) groups is 1. The smallest absolute Gasteiger partial charge is 0.364 e. The van der Waals surface area contributed by atoms with E-state index in [1.807, 2.05) is 13.8 Å². The maximum Gasteiger partial charge on any atom is 0.364 e. The molecule has 0 atom stereocenters. The summed E-state index contributed by atoms with van der Waals surface area (Å²) in [6, 6.07) is 8.63. The second kappa shape index (κ2) is 11.5. The lowest BCUT2D eigenvalue weighted by molar-refractivity contribution is 0.251. The van der Waals surface area contributed by atoms with Crippen molar-refractivity contribution in [3.05, 3.63) is 62.6 Å². The van der Waals surface area contributed by atoms with Gasteiger partial charge in [0.05, 0.1) is 22.2 Å². The van der Waals surface area contributed by atoms with Crippen LogP contribution in [0.4, 0.5) is 16.3 Å². The van der Waals surface area contributed by atoms with Gasteiger partial charge in [-0.15, -0.1) is 0 Å². The van der Waals surface area contributed by atoms with Crippen molar-refractivity contribution in [2.75, 3.05) is 17.6 Å². The summed E-state index contributed by atoms with van der Waals surface area (Å²) in [5.41, 5.74) is 6.62. The lowest BCUT2D eigenvalue weighted by atomic mass is 10.2. The third-order valence-electron chi connectivity index (χ3n) is 6.15. The molecule has 3 heterocycles. The normalized spacial score (nSPS) is 11.2. The largest absolute Gasteiger partial charge is 0.505 e. The molecule has 0 unspecified atom stereocenters. The molecule has 0 radical (unpaired) electrons. The van der Waals surface area contributed by atoms with E-state index in [-0.39, 0.29) is 34.2 Å². The van der Waals surface area contributed by atoms with Gasteiger partial charge in [-0.05, 0) is 43.2 Å². The standard InChI is InChI=1S/C27H25Cl2N7O5/c1-3-5-8-31-26(39)32-21-22(37)17-7-6-16(12-19(17)41-25(21)38)40-27-33-23(30)20-18(4-2)35-36(24(20)34-27)15-10-13(28)9-14(29)11-15/h6-7,9-12,37H,3-5,8H2,1-2H3,(H2,30,33,34)(H2,31,32,39). The average Bonchev–Trinajstić information content (AvgIpc) is 3.30. The van der Waals surface area contributed by atoms with Gasteiger partial charge >= 0.3 is 17.7 Å². The molecule has 2 aromatic carbocycles. The Morgan fingerprint density at radius 3 is 2.61 bits per heavy atom. The van der Waals surface area contributed by atoms with Crippen LogP contribution >= 0.6 is 23.2 Å². The monoisotopic (exact) mass is 597 g/mol. The van der Waals surface area contributed by atoms with E-state index in [0.717, 1.165) is 12.8 Å². The number of rotatable bonds is 8. The van der Waals surface area contributed by atoms with Gasteiger partial charge in [-0.25, -0.2) is 14.3 Å². The number of benzene rings is 2. The fourth-order valence-corrected chi connectivity index (χ4v) is 4.72. The molecule has 0 saturated carbocycles. The number of nitrogens with two attached hydrogens (primary N) is 1. The number of nitrogens with zero attached hydrogens (tertiary/aromatic N) is 4. The van der Waals surface area contributed by atoms with Gasteiger partial charge in [0.15, 0.2) is 17.1 Å². The summed E-state index contributed by atoms with van der Waals surface area (Å²) in [4.78, 5) is 33.5. The van der Waals surface area contributed by atoms with Gasteiger partial charge in [0.25, 0.3) is 0 Å². The van der Waals surface area contributed by atoms with E-state index >= 15 is 0 Å². The Hall–Kier alpha value is -4.55. The fourth-order valence-electron chi connectivity index (χ4n) is 4.21. The Kier molecular flexibility index (Phi) is 7.86. The maximum absolute atomic E-state index is 12.6. The van der Waals surface area contributed by atoms with Gasteiger partial charge in [-0.1, -0.05) is 43.5 Å². The Bertz CT molecular complexity index is 1830. The number of hydrogen-bond donors (Lipinski definition) is 4. The summed E-state index contributed by atoms with van der Waals surface area (Å²) >= 11 is 12.4. The molecule has 0 spiro atoms. The molecule has 5 rings (SSSR count). The predicted octanol–water partition coefficient (Wildman–Crippen LogP) is 5.79. The van der Waals surface area contributed by atoms with Crippen molar-refractivity contribution in [2.45, 2.75) is 33.1 Å². The third-order valence-corrected chi connectivity index (χ3v) is 6.59. The van der Waals surface area contributed by atoms with E-state index in [9.17, 15) is 14.7 Å². The predicted molar refractivity (Wildman–Crippen MR) is 157 cm³/mol. The number of unbranched alkanes of at least 4 members (excludes halogenated alkanes) is 1. The molecular weight excluding hydrogens is 573 g/mol. The Balaban J connectivity index is 1.49. The van der Waals surface area contributed by atoms with Crippen LogP contribution in [0.3, 0.4) is 0 Å². The summed E-state index contributed by atoms with van der Waals surface area (Å²) in [5.74, 6) is -0.0879. The first-order valence-corrected chi connectivity index (χ1v) is 13.5. The highest BCUT2D eigenvalue weighted by Gasteiger charge is 2.20. The number of ether oxygens (including phenoxy) is 1. The van der Waals surface area contributed by atoms with Crippen molar-refractivity contribution in [1.29, 1.82) is 0 Å². The van der Waals surface area contributed by atoms with Crippen LogP contribution in [0.15, 0.2) is 45.6 Å². The maximum atomic E-state index is 12.6. The number of aryl methyl sites for hydroxylation is 1. The highest BCUT2D eigenvalue weighted by Crippen LogP contribution is 2.34. The molecule has 41 heavy (non-hydrogen) atoms. The molecule has 0 saturated heterocycles. The van der Waals surface area contributed by atoms with E-state index in [4.69, 9.17) is 38.1 Å². The second-order valence-electron chi connectivity index (χ2n) is 9.04. The minimum atomic E-state index is -0.934. The second-order valence-corrected chi connectivity index (χ2v) is 9.91. The van der Waals surface area contributed by atoms with Crippen LogP contribution in [0, 0.1) is 0 Å². The zero-order chi connectivity index (χ0) is 29.3. The number of halogens is 2. The molecule has 0 aliphatic heterocycles. The first-order valence-electron chi connectivity index (χ1n) is 12.7. The van der Waals surface area contributed by atoms with E-state index in [1.54, 1.807) is 22.9 Å². The summed E-state index contributed by atoms with van der Waals surface area (Å²) in [6.07, 6.45) is 2.23. The molecule has 12 nitrogen and oxygen atoms in total. The number of nitrogens with one attached hydrogen (secondary N) is 2. The summed E-state index contributed by atoms with van der Waals surface area (Å²) in [6.45, 7) is 4.34. The van der Waals surface area contributed by atoms with E-state index < -0.39 is 17.4 Å². The number of fused-ring (bicyclic) bond motifs is 2. The van der Waals surface area contributed by atoms with Crippen LogP contribution in [-0.2, 0) is 6.42 Å². The fraction of sp³-hybridized carbons (Fsp3) is 0.222. The molecule has 3 aromatic heterocycles. The number of carbonyl (C=O) groups excluding carboxylic acids is 1. The van der Waals surface area contributed by atoms with Gasteiger partial charge in [-0.3, -0.25) is 5.32 Å². The zero-order valence-corrected chi connectivity index (χ0v) is 23.5. The van der Waals surface area contributed by atoms with Gasteiger partial charge in [0.2, 0.25) is 0 Å². The number of nitrogen functional groups attached to an aromatic ring is 1. The summed E-state index contributed by atoms with van der Waals surface area (Å²) in [5, 5.41) is 21.8. The van der Waals surface area contributed by atoms with Crippen LogP contribution in [0.1, 0.15) is 32.4 Å². The van der Waals surface area contributed by atoms with Crippen LogP contribution in [0.25, 0.3) is 27.7 Å². The third kappa shape index (κ3) is 5.70. The molecule has 5 N–H and O–H groups in total. The highest BCUT2D eigenvalue weighted by atomic mass is 35.5. The van der Waals surface area contributed by atoms with Crippen molar-refractivity contribution < 1.29 is 19.1 Å². The minimum Gasteiger partial charge on any atom is -0.505 e. The number of aromatic nitrogens is 4. The Morgan fingerprint density at radius 2 is 1.90 bits per heavy atom. The van der Waals surface area contributed by atoms with Gasteiger partial charge in [0.1, 0.15) is 17.2 Å².